The number of anilines is 1. The molecule has 0 aliphatic heterocycles. The highest BCUT2D eigenvalue weighted by Gasteiger charge is 2.16. The van der Waals surface area contributed by atoms with Crippen LogP contribution in [0.5, 0.6) is 0 Å². The Morgan fingerprint density at radius 1 is 1.22 bits per heavy atom. The standard InChI is InChI=1S/C13H16N2O2S/c1-2-3-9-14(10-16)13(18)15(11-17)12-7-5-4-6-8-12/h4-8,10-11H,2-3,9H2,1H3. The maximum atomic E-state index is 11.1. The molecular weight excluding hydrogens is 248 g/mol. The van der Waals surface area contributed by atoms with Crippen LogP contribution in [-0.2, 0) is 9.59 Å². The number of unbranched alkanes of at least 4 members (excludes halogenated alkanes) is 1. The van der Waals surface area contributed by atoms with Gasteiger partial charge in [-0.25, -0.2) is 0 Å². The first kappa shape index (κ1) is 14.3. The molecule has 5 heteroatoms. The van der Waals surface area contributed by atoms with E-state index in [-0.39, 0.29) is 5.11 Å². The lowest BCUT2D eigenvalue weighted by Crippen LogP contribution is -2.42. The van der Waals surface area contributed by atoms with E-state index in [0.717, 1.165) is 12.8 Å². The molecule has 1 aromatic carbocycles. The van der Waals surface area contributed by atoms with Gasteiger partial charge in [0.05, 0.1) is 5.69 Å². The molecule has 0 spiro atoms. The van der Waals surface area contributed by atoms with Gasteiger partial charge in [-0.15, -0.1) is 0 Å². The summed E-state index contributed by atoms with van der Waals surface area (Å²) in [5.41, 5.74) is 0.654. The third-order valence-electron chi connectivity index (χ3n) is 2.47. The van der Waals surface area contributed by atoms with Crippen molar-refractivity contribution >= 4 is 35.8 Å². The van der Waals surface area contributed by atoms with Gasteiger partial charge in [-0.05, 0) is 30.8 Å². The van der Waals surface area contributed by atoms with Crippen molar-refractivity contribution in [3.05, 3.63) is 30.3 Å². The Morgan fingerprint density at radius 3 is 2.39 bits per heavy atom. The Bertz CT molecular complexity index is 409. The van der Waals surface area contributed by atoms with Crippen LogP contribution in [0, 0.1) is 0 Å². The van der Waals surface area contributed by atoms with Crippen LogP contribution >= 0.6 is 12.2 Å². The van der Waals surface area contributed by atoms with Gasteiger partial charge >= 0.3 is 0 Å². The van der Waals surface area contributed by atoms with Gasteiger partial charge < -0.3 is 0 Å². The van der Waals surface area contributed by atoms with Crippen molar-refractivity contribution in [1.29, 1.82) is 0 Å². The van der Waals surface area contributed by atoms with Crippen molar-refractivity contribution in [3.63, 3.8) is 0 Å². The van der Waals surface area contributed by atoms with Gasteiger partial charge in [0.15, 0.2) is 5.11 Å². The highest BCUT2D eigenvalue weighted by molar-refractivity contribution is 7.80. The zero-order valence-electron chi connectivity index (χ0n) is 10.3. The van der Waals surface area contributed by atoms with Crippen LogP contribution in [0.4, 0.5) is 5.69 Å². The van der Waals surface area contributed by atoms with E-state index in [9.17, 15) is 9.59 Å². The largest absolute Gasteiger partial charge is 0.291 e. The van der Waals surface area contributed by atoms with E-state index in [1.54, 1.807) is 12.1 Å². The minimum Gasteiger partial charge on any atom is -0.291 e. The molecule has 1 rings (SSSR count). The molecule has 1 aromatic rings. The second kappa shape index (κ2) is 7.55. The van der Waals surface area contributed by atoms with Gasteiger partial charge in [0.1, 0.15) is 0 Å². The van der Waals surface area contributed by atoms with Gasteiger partial charge in [-0.3, -0.25) is 19.4 Å². The van der Waals surface area contributed by atoms with E-state index >= 15 is 0 Å². The lowest BCUT2D eigenvalue weighted by Gasteiger charge is -2.25. The number of thiocarbonyl (C=S) groups is 1. The van der Waals surface area contributed by atoms with Crippen molar-refractivity contribution in [2.75, 3.05) is 11.4 Å². The number of hydrogen-bond acceptors (Lipinski definition) is 3. The van der Waals surface area contributed by atoms with Crippen molar-refractivity contribution in [2.45, 2.75) is 19.8 Å². The van der Waals surface area contributed by atoms with Crippen LogP contribution in [-0.4, -0.2) is 29.4 Å². The van der Waals surface area contributed by atoms with E-state index in [1.165, 1.54) is 9.80 Å². The molecule has 0 bridgehead atoms. The van der Waals surface area contributed by atoms with Crippen molar-refractivity contribution in [2.24, 2.45) is 0 Å². The normalized spacial score (nSPS) is 9.61. The molecule has 0 aliphatic carbocycles. The summed E-state index contributed by atoms with van der Waals surface area (Å²) in [5, 5.41) is 0.208. The number of carbonyl (C=O) groups is 2. The average Bonchev–Trinajstić information content (AvgIpc) is 2.42. The molecule has 96 valence electrons. The second-order valence-electron chi connectivity index (χ2n) is 3.75. The smallest absolute Gasteiger partial charge is 0.220 e. The maximum Gasteiger partial charge on any atom is 0.220 e. The number of carbonyl (C=O) groups excluding carboxylic acids is 2. The fourth-order valence-electron chi connectivity index (χ4n) is 1.47. The summed E-state index contributed by atoms with van der Waals surface area (Å²) < 4.78 is 0. The highest BCUT2D eigenvalue weighted by Crippen LogP contribution is 2.13. The van der Waals surface area contributed by atoms with Crippen LogP contribution in [0.3, 0.4) is 0 Å². The number of benzene rings is 1. The third kappa shape index (κ3) is 3.63. The minimum atomic E-state index is 0.208. The molecule has 4 nitrogen and oxygen atoms in total. The molecule has 0 aliphatic rings. The van der Waals surface area contributed by atoms with Crippen molar-refractivity contribution < 1.29 is 9.59 Å². The number of amides is 2. The highest BCUT2D eigenvalue weighted by atomic mass is 32.1. The summed E-state index contributed by atoms with van der Waals surface area (Å²) in [6, 6.07) is 9.01. The first-order chi connectivity index (χ1) is 8.74. The molecule has 0 unspecified atom stereocenters. The molecule has 0 saturated carbocycles. The molecular formula is C13H16N2O2S. The van der Waals surface area contributed by atoms with Gasteiger partial charge in [0.2, 0.25) is 12.8 Å². The summed E-state index contributed by atoms with van der Waals surface area (Å²) >= 11 is 5.18. The zero-order valence-corrected chi connectivity index (χ0v) is 11.1. The number of nitrogens with zero attached hydrogens (tertiary/aromatic N) is 2. The third-order valence-corrected chi connectivity index (χ3v) is 2.90. The van der Waals surface area contributed by atoms with E-state index in [2.05, 4.69) is 0 Å². The Hall–Kier alpha value is -1.75. The van der Waals surface area contributed by atoms with Crippen LogP contribution in [0.1, 0.15) is 19.8 Å². The fourth-order valence-corrected chi connectivity index (χ4v) is 1.75. The fraction of sp³-hybridized carbons (Fsp3) is 0.308. The Morgan fingerprint density at radius 2 is 1.89 bits per heavy atom. The summed E-state index contributed by atoms with van der Waals surface area (Å²) in [4.78, 5) is 24.8. The van der Waals surface area contributed by atoms with Crippen LogP contribution in [0.25, 0.3) is 0 Å². The molecule has 0 radical (unpaired) electrons. The summed E-state index contributed by atoms with van der Waals surface area (Å²) in [6.45, 7) is 2.55. The first-order valence-electron chi connectivity index (χ1n) is 5.80. The van der Waals surface area contributed by atoms with Gasteiger partial charge in [0, 0.05) is 6.54 Å². The van der Waals surface area contributed by atoms with E-state index < -0.39 is 0 Å². The molecule has 0 N–H and O–H groups in total. The molecule has 0 heterocycles. The monoisotopic (exact) mass is 264 g/mol. The van der Waals surface area contributed by atoms with Gasteiger partial charge in [-0.1, -0.05) is 31.5 Å². The van der Waals surface area contributed by atoms with E-state index in [1.807, 2.05) is 25.1 Å². The predicted octanol–water partition coefficient (Wildman–Crippen LogP) is 2.19. The second-order valence-corrected chi connectivity index (χ2v) is 4.11. The predicted molar refractivity (Wildman–Crippen MR) is 75.3 cm³/mol. The first-order valence-corrected chi connectivity index (χ1v) is 6.21. The van der Waals surface area contributed by atoms with Crippen molar-refractivity contribution in [1.82, 2.24) is 4.90 Å². The van der Waals surface area contributed by atoms with Crippen LogP contribution in [0.15, 0.2) is 30.3 Å². The summed E-state index contributed by atoms with van der Waals surface area (Å²) in [7, 11) is 0. The van der Waals surface area contributed by atoms with E-state index in [4.69, 9.17) is 12.2 Å². The minimum absolute atomic E-state index is 0.208. The molecule has 0 atom stereocenters. The molecule has 18 heavy (non-hydrogen) atoms. The van der Waals surface area contributed by atoms with Gasteiger partial charge in [-0.2, -0.15) is 0 Å². The van der Waals surface area contributed by atoms with Gasteiger partial charge in [0.25, 0.3) is 0 Å². The number of para-hydroxylation sites is 1. The Labute approximate surface area is 112 Å². The van der Waals surface area contributed by atoms with E-state index in [0.29, 0.717) is 25.1 Å². The SMILES string of the molecule is CCCCN(C=O)C(=S)N(C=O)c1ccccc1. The molecule has 2 amide bonds. The summed E-state index contributed by atoms with van der Waals surface area (Å²) in [5.74, 6) is 0. The molecule has 0 saturated heterocycles. The van der Waals surface area contributed by atoms with Crippen LogP contribution < -0.4 is 4.90 Å². The van der Waals surface area contributed by atoms with Crippen LogP contribution in [0.2, 0.25) is 0 Å². The number of rotatable bonds is 6. The lowest BCUT2D eigenvalue weighted by atomic mass is 10.3. The zero-order chi connectivity index (χ0) is 13.4. The quantitative estimate of drug-likeness (QED) is 0.584. The molecule has 0 fully saturated rings. The summed E-state index contributed by atoms with van der Waals surface area (Å²) in [6.07, 6.45) is 3.09. The molecule has 0 aromatic heterocycles. The maximum absolute atomic E-state index is 11.1. The lowest BCUT2D eigenvalue weighted by molar-refractivity contribution is -0.114. The average molecular weight is 264 g/mol. The Kier molecular flexibility index (Phi) is 6.00. The Balaban J connectivity index is 2.84. The topological polar surface area (TPSA) is 40.6 Å². The van der Waals surface area contributed by atoms with Crippen molar-refractivity contribution in [3.8, 4) is 0 Å². The number of hydrogen-bond donors (Lipinski definition) is 0.